The molecule has 0 saturated carbocycles. The van der Waals surface area contributed by atoms with Crippen LogP contribution in [0.25, 0.3) is 0 Å². The molecule has 1 saturated heterocycles. The molecule has 17 heavy (non-hydrogen) atoms. The Hall–Kier alpha value is -1.67. The lowest BCUT2D eigenvalue weighted by molar-refractivity contribution is 0.219. The van der Waals surface area contributed by atoms with Crippen molar-refractivity contribution in [2.75, 3.05) is 18.9 Å². The fourth-order valence-electron chi connectivity index (χ4n) is 1.87. The minimum absolute atomic E-state index is 0.130. The number of hydrogen-bond acceptors (Lipinski definition) is 5. The number of anilines is 1. The summed E-state index contributed by atoms with van der Waals surface area (Å²) in [6.45, 7) is 1.24. The van der Waals surface area contributed by atoms with Crippen molar-refractivity contribution < 1.29 is 4.74 Å². The lowest BCUT2D eigenvalue weighted by Gasteiger charge is -2.19. The highest BCUT2D eigenvalue weighted by atomic mass is 35.5. The summed E-state index contributed by atoms with van der Waals surface area (Å²) in [7, 11) is 0. The number of halogens is 1. The molecule has 0 radical (unpaired) electrons. The topological polar surface area (TPSA) is 75.2 Å². The Kier molecular flexibility index (Phi) is 3.55. The fourth-order valence-corrected chi connectivity index (χ4v) is 2.03. The van der Waals surface area contributed by atoms with Crippen LogP contribution in [0.2, 0.25) is 5.02 Å². The summed E-state index contributed by atoms with van der Waals surface area (Å²) in [6, 6.07) is 1.72. The van der Waals surface area contributed by atoms with Crippen molar-refractivity contribution in [2.45, 2.75) is 18.9 Å². The van der Waals surface area contributed by atoms with Crippen molar-refractivity contribution >= 4 is 17.4 Å². The second-order valence-corrected chi connectivity index (χ2v) is 4.35. The van der Waals surface area contributed by atoms with Gasteiger partial charge in [-0.25, -0.2) is 4.98 Å². The van der Waals surface area contributed by atoms with Crippen LogP contribution in [0.3, 0.4) is 0 Å². The smallest absolute Gasteiger partial charge is 0.179 e. The van der Waals surface area contributed by atoms with Gasteiger partial charge in [-0.2, -0.15) is 5.26 Å². The van der Waals surface area contributed by atoms with Crippen LogP contribution in [-0.4, -0.2) is 29.1 Å². The van der Waals surface area contributed by atoms with E-state index in [1.54, 1.807) is 11.0 Å². The van der Waals surface area contributed by atoms with E-state index >= 15 is 0 Å². The maximum absolute atomic E-state index is 8.90. The zero-order valence-corrected chi connectivity index (χ0v) is 10.0. The van der Waals surface area contributed by atoms with Crippen LogP contribution < -0.4 is 10.5 Å². The van der Waals surface area contributed by atoms with Crippen molar-refractivity contribution in [3.63, 3.8) is 0 Å². The molecule has 0 amide bonds. The van der Waals surface area contributed by atoms with Crippen molar-refractivity contribution in [3.05, 3.63) is 17.3 Å². The molecule has 1 aromatic rings. The van der Waals surface area contributed by atoms with Crippen LogP contribution in [0.15, 0.2) is 12.3 Å². The summed E-state index contributed by atoms with van der Waals surface area (Å²) in [5.74, 6) is 0.886. The van der Waals surface area contributed by atoms with Gasteiger partial charge in [-0.3, -0.25) is 0 Å². The van der Waals surface area contributed by atoms with Gasteiger partial charge >= 0.3 is 0 Å². The average molecular weight is 253 g/mol. The third kappa shape index (κ3) is 2.71. The monoisotopic (exact) mass is 252 g/mol. The highest BCUT2D eigenvalue weighted by molar-refractivity contribution is 6.31. The molecule has 2 N–H and O–H groups in total. The van der Waals surface area contributed by atoms with Gasteiger partial charge in [-0.15, -0.1) is 0 Å². The number of nitrogens with two attached hydrogens (primary N) is 1. The van der Waals surface area contributed by atoms with E-state index in [9.17, 15) is 0 Å². The molecule has 90 valence electrons. The van der Waals surface area contributed by atoms with Gasteiger partial charge in [0.05, 0.1) is 12.2 Å². The molecule has 0 bridgehead atoms. The van der Waals surface area contributed by atoms with Gasteiger partial charge in [0.25, 0.3) is 0 Å². The zero-order valence-electron chi connectivity index (χ0n) is 9.27. The number of pyridine rings is 1. The number of aromatic nitrogens is 1. The Balaban J connectivity index is 1.98. The van der Waals surface area contributed by atoms with Gasteiger partial charge in [0.15, 0.2) is 6.19 Å². The van der Waals surface area contributed by atoms with Gasteiger partial charge in [0.1, 0.15) is 23.2 Å². The van der Waals surface area contributed by atoms with Gasteiger partial charge in [-0.05, 0) is 12.8 Å². The SMILES string of the molecule is N#CN1CCCC1COc1cc(N)ncc1Cl. The van der Waals surface area contributed by atoms with E-state index < -0.39 is 0 Å². The van der Waals surface area contributed by atoms with E-state index in [1.165, 1.54) is 6.20 Å². The van der Waals surface area contributed by atoms with Gasteiger partial charge in [-0.1, -0.05) is 11.6 Å². The summed E-state index contributed by atoms with van der Waals surface area (Å²) in [5.41, 5.74) is 5.55. The molecule has 0 aliphatic carbocycles. The molecule has 5 nitrogen and oxygen atoms in total. The molecule has 0 spiro atoms. The third-order valence-electron chi connectivity index (χ3n) is 2.78. The minimum Gasteiger partial charge on any atom is -0.490 e. The predicted octanol–water partition coefficient (Wildman–Crippen LogP) is 1.64. The van der Waals surface area contributed by atoms with Crippen LogP contribution in [0, 0.1) is 11.5 Å². The molecule has 2 rings (SSSR count). The van der Waals surface area contributed by atoms with E-state index in [4.69, 9.17) is 27.3 Å². The van der Waals surface area contributed by atoms with Crippen LogP contribution in [-0.2, 0) is 0 Å². The number of rotatable bonds is 3. The standard InChI is InChI=1S/C11H13ClN4O/c12-9-5-15-11(14)4-10(9)17-6-8-2-1-3-16(8)7-13/h4-5,8H,1-3,6H2,(H2,14,15). The summed E-state index contributed by atoms with van der Waals surface area (Å²) in [4.78, 5) is 5.59. The second kappa shape index (κ2) is 5.11. The van der Waals surface area contributed by atoms with Crippen molar-refractivity contribution in [1.29, 1.82) is 5.26 Å². The highest BCUT2D eigenvalue weighted by Gasteiger charge is 2.24. The maximum Gasteiger partial charge on any atom is 0.179 e. The molecule has 6 heteroatoms. The summed E-state index contributed by atoms with van der Waals surface area (Å²) >= 11 is 5.93. The van der Waals surface area contributed by atoms with E-state index in [1.807, 2.05) is 0 Å². The predicted molar refractivity (Wildman–Crippen MR) is 64.5 cm³/mol. The first-order chi connectivity index (χ1) is 8.20. The van der Waals surface area contributed by atoms with Crippen LogP contribution >= 0.6 is 11.6 Å². The molecule has 0 aromatic carbocycles. The number of hydrogen-bond donors (Lipinski definition) is 1. The number of ether oxygens (including phenoxy) is 1. The molecule has 1 fully saturated rings. The molecule has 1 aromatic heterocycles. The fraction of sp³-hybridized carbons (Fsp3) is 0.455. The highest BCUT2D eigenvalue weighted by Crippen LogP contribution is 2.26. The first kappa shape index (κ1) is 11.8. The zero-order chi connectivity index (χ0) is 12.3. The Morgan fingerprint density at radius 2 is 2.53 bits per heavy atom. The number of likely N-dealkylation sites (tertiary alicyclic amines) is 1. The Morgan fingerprint density at radius 1 is 1.71 bits per heavy atom. The number of nitrogen functional groups attached to an aromatic ring is 1. The molecule has 2 heterocycles. The van der Waals surface area contributed by atoms with E-state index in [0.29, 0.717) is 23.2 Å². The van der Waals surface area contributed by atoms with E-state index in [2.05, 4.69) is 11.2 Å². The minimum atomic E-state index is 0.130. The number of nitrogens with zero attached hydrogens (tertiary/aromatic N) is 3. The number of nitriles is 1. The molecular weight excluding hydrogens is 240 g/mol. The van der Waals surface area contributed by atoms with E-state index in [-0.39, 0.29) is 6.04 Å². The first-order valence-electron chi connectivity index (χ1n) is 5.41. The van der Waals surface area contributed by atoms with Crippen LogP contribution in [0.1, 0.15) is 12.8 Å². The van der Waals surface area contributed by atoms with Crippen molar-refractivity contribution in [1.82, 2.24) is 9.88 Å². The summed E-state index contributed by atoms with van der Waals surface area (Å²) in [6.07, 6.45) is 5.61. The quantitative estimate of drug-likeness (QED) is 0.828. The lowest BCUT2D eigenvalue weighted by Crippen LogP contribution is -2.30. The molecule has 1 aliphatic rings. The lowest BCUT2D eigenvalue weighted by atomic mass is 10.2. The van der Waals surface area contributed by atoms with Gasteiger partial charge in [0, 0.05) is 12.6 Å². The third-order valence-corrected chi connectivity index (χ3v) is 3.06. The molecule has 1 atom stereocenters. The van der Waals surface area contributed by atoms with E-state index in [0.717, 1.165) is 19.4 Å². The maximum atomic E-state index is 8.90. The summed E-state index contributed by atoms with van der Waals surface area (Å²) in [5, 5.41) is 9.33. The molecule has 1 aliphatic heterocycles. The summed E-state index contributed by atoms with van der Waals surface area (Å²) < 4.78 is 5.59. The van der Waals surface area contributed by atoms with Crippen LogP contribution in [0.4, 0.5) is 5.82 Å². The van der Waals surface area contributed by atoms with Gasteiger partial charge < -0.3 is 15.4 Å². The normalized spacial score (nSPS) is 19.1. The second-order valence-electron chi connectivity index (χ2n) is 3.94. The average Bonchev–Trinajstić information content (AvgIpc) is 2.77. The van der Waals surface area contributed by atoms with Crippen molar-refractivity contribution in [3.8, 4) is 11.9 Å². The largest absolute Gasteiger partial charge is 0.490 e. The Bertz CT molecular complexity index is 446. The van der Waals surface area contributed by atoms with Crippen LogP contribution in [0.5, 0.6) is 5.75 Å². The van der Waals surface area contributed by atoms with Gasteiger partial charge in [0.2, 0.25) is 0 Å². The Morgan fingerprint density at radius 3 is 3.29 bits per heavy atom. The molecular formula is C11H13ClN4O. The Labute approximate surface area is 105 Å². The van der Waals surface area contributed by atoms with Crippen molar-refractivity contribution in [2.24, 2.45) is 0 Å². The molecule has 1 unspecified atom stereocenters. The first-order valence-corrected chi connectivity index (χ1v) is 5.78.